The number of carbonyl (C=O) groups excluding carboxylic acids is 3. The van der Waals surface area contributed by atoms with Crippen molar-refractivity contribution in [3.63, 3.8) is 0 Å². The van der Waals surface area contributed by atoms with Crippen LogP contribution in [0.2, 0.25) is 0 Å². The number of hydrogen-bond donors (Lipinski definition) is 1. The number of aromatic nitrogens is 1. The summed E-state index contributed by atoms with van der Waals surface area (Å²) < 4.78 is 0. The van der Waals surface area contributed by atoms with Crippen LogP contribution in [0.1, 0.15) is 25.7 Å². The number of imide groups is 1. The van der Waals surface area contributed by atoms with E-state index in [2.05, 4.69) is 10.3 Å². The quantitative estimate of drug-likeness (QED) is 0.872. The molecule has 25 heavy (non-hydrogen) atoms. The van der Waals surface area contributed by atoms with Gasteiger partial charge in [0.1, 0.15) is 12.4 Å². The Morgan fingerprint density at radius 1 is 1.04 bits per heavy atom. The smallest absolute Gasteiger partial charge is 0.245 e. The number of anilines is 1. The number of likely N-dealkylation sites (tertiary alicyclic amines) is 1. The summed E-state index contributed by atoms with van der Waals surface area (Å²) in [6, 6.07) is 11.2. The maximum atomic E-state index is 12.4. The van der Waals surface area contributed by atoms with Crippen molar-refractivity contribution in [3.05, 3.63) is 36.4 Å². The van der Waals surface area contributed by atoms with E-state index in [0.29, 0.717) is 5.82 Å². The third-order valence-electron chi connectivity index (χ3n) is 5.10. The fourth-order valence-electron chi connectivity index (χ4n) is 3.85. The molecular weight excluding hydrogens is 318 g/mol. The first-order valence-electron chi connectivity index (χ1n) is 8.64. The van der Waals surface area contributed by atoms with E-state index in [9.17, 15) is 14.4 Å². The van der Waals surface area contributed by atoms with Gasteiger partial charge in [-0.05, 0) is 31.0 Å². The van der Waals surface area contributed by atoms with Crippen molar-refractivity contribution < 1.29 is 14.4 Å². The normalized spacial score (nSPS) is 23.0. The second kappa shape index (κ2) is 6.27. The van der Waals surface area contributed by atoms with Gasteiger partial charge in [-0.1, -0.05) is 31.0 Å². The molecule has 1 aromatic heterocycles. The Morgan fingerprint density at radius 2 is 1.72 bits per heavy atom. The highest BCUT2D eigenvalue weighted by atomic mass is 16.2. The fourth-order valence-corrected chi connectivity index (χ4v) is 3.85. The Morgan fingerprint density at radius 3 is 2.44 bits per heavy atom. The monoisotopic (exact) mass is 337 g/mol. The van der Waals surface area contributed by atoms with E-state index in [1.807, 2.05) is 30.3 Å². The minimum atomic E-state index is -0.400. The molecule has 2 fully saturated rings. The number of amides is 3. The first kappa shape index (κ1) is 15.7. The SMILES string of the molecule is O=C(CN1C(=O)[C@H]2CCCC[C@@H]2C1=O)Nc1ccc2ccccc2n1. The summed E-state index contributed by atoms with van der Waals surface area (Å²) >= 11 is 0. The second-order valence-corrected chi connectivity index (χ2v) is 6.70. The van der Waals surface area contributed by atoms with Gasteiger partial charge in [-0.3, -0.25) is 19.3 Å². The van der Waals surface area contributed by atoms with Gasteiger partial charge in [0.2, 0.25) is 17.7 Å². The van der Waals surface area contributed by atoms with Gasteiger partial charge in [-0.2, -0.15) is 0 Å². The van der Waals surface area contributed by atoms with Gasteiger partial charge < -0.3 is 5.32 Å². The van der Waals surface area contributed by atoms with Crippen LogP contribution in [0.5, 0.6) is 0 Å². The zero-order valence-corrected chi connectivity index (χ0v) is 13.8. The predicted molar refractivity (Wildman–Crippen MR) is 92.5 cm³/mol. The molecule has 0 bridgehead atoms. The predicted octanol–water partition coefficient (Wildman–Crippen LogP) is 2.35. The molecule has 1 aliphatic heterocycles. The molecule has 2 aliphatic rings. The third kappa shape index (κ3) is 2.88. The Labute approximate surface area is 145 Å². The standard InChI is InChI=1S/C19H19N3O3/c23-17(21-16-10-9-12-5-1-4-8-15(12)20-16)11-22-18(24)13-6-2-3-7-14(13)19(22)25/h1,4-5,8-10,13-14H,2-3,6-7,11H2,(H,20,21,23)/t13-,14-/m0/s1. The van der Waals surface area contributed by atoms with E-state index < -0.39 is 5.91 Å². The Kier molecular flexibility index (Phi) is 3.95. The molecule has 2 atom stereocenters. The summed E-state index contributed by atoms with van der Waals surface area (Å²) in [5.74, 6) is -0.836. The Hall–Kier alpha value is -2.76. The molecule has 2 aromatic rings. The van der Waals surface area contributed by atoms with E-state index in [-0.39, 0.29) is 30.2 Å². The first-order chi connectivity index (χ1) is 12.1. The van der Waals surface area contributed by atoms with Gasteiger partial charge in [0, 0.05) is 5.39 Å². The minimum absolute atomic E-state index is 0.198. The molecule has 4 rings (SSSR count). The van der Waals surface area contributed by atoms with Crippen LogP contribution in [0, 0.1) is 11.8 Å². The van der Waals surface area contributed by atoms with Crippen molar-refractivity contribution in [2.75, 3.05) is 11.9 Å². The van der Waals surface area contributed by atoms with Gasteiger partial charge in [-0.15, -0.1) is 0 Å². The van der Waals surface area contributed by atoms with Crippen molar-refractivity contribution in [1.29, 1.82) is 0 Å². The van der Waals surface area contributed by atoms with Crippen LogP contribution in [0.4, 0.5) is 5.82 Å². The average Bonchev–Trinajstić information content (AvgIpc) is 2.87. The van der Waals surface area contributed by atoms with Crippen LogP contribution in [-0.2, 0) is 14.4 Å². The van der Waals surface area contributed by atoms with Crippen LogP contribution in [-0.4, -0.2) is 34.2 Å². The summed E-state index contributed by atoms with van der Waals surface area (Å²) in [6.45, 7) is -0.237. The van der Waals surface area contributed by atoms with E-state index in [4.69, 9.17) is 0 Å². The number of carbonyl (C=O) groups is 3. The van der Waals surface area contributed by atoms with Crippen LogP contribution in [0.25, 0.3) is 10.9 Å². The number of para-hydroxylation sites is 1. The lowest BCUT2D eigenvalue weighted by Gasteiger charge is -2.19. The van der Waals surface area contributed by atoms with Gasteiger partial charge in [0.15, 0.2) is 0 Å². The van der Waals surface area contributed by atoms with Crippen molar-refractivity contribution in [3.8, 4) is 0 Å². The fraction of sp³-hybridized carbons (Fsp3) is 0.368. The van der Waals surface area contributed by atoms with Crippen LogP contribution >= 0.6 is 0 Å². The number of benzene rings is 1. The van der Waals surface area contributed by atoms with Crippen LogP contribution in [0.15, 0.2) is 36.4 Å². The number of fused-ring (bicyclic) bond motifs is 2. The average molecular weight is 337 g/mol. The van der Waals surface area contributed by atoms with Crippen molar-refractivity contribution in [2.24, 2.45) is 11.8 Å². The molecule has 1 aliphatic carbocycles. The number of pyridine rings is 1. The van der Waals surface area contributed by atoms with Gasteiger partial charge in [0.25, 0.3) is 0 Å². The maximum absolute atomic E-state index is 12.4. The zero-order valence-electron chi connectivity index (χ0n) is 13.8. The van der Waals surface area contributed by atoms with Gasteiger partial charge in [-0.25, -0.2) is 4.98 Å². The number of hydrogen-bond acceptors (Lipinski definition) is 4. The lowest BCUT2D eigenvalue weighted by Crippen LogP contribution is -2.38. The summed E-state index contributed by atoms with van der Waals surface area (Å²) in [7, 11) is 0. The molecule has 6 heteroatoms. The van der Waals surface area contributed by atoms with E-state index >= 15 is 0 Å². The summed E-state index contributed by atoms with van der Waals surface area (Å²) in [6.07, 6.45) is 3.45. The van der Waals surface area contributed by atoms with Gasteiger partial charge in [0.05, 0.1) is 17.4 Å². The Bertz CT molecular complexity index is 840. The number of nitrogens with one attached hydrogen (secondary N) is 1. The molecule has 0 unspecified atom stereocenters. The third-order valence-corrected chi connectivity index (χ3v) is 5.10. The molecule has 1 N–H and O–H groups in total. The molecule has 1 saturated carbocycles. The van der Waals surface area contributed by atoms with Crippen molar-refractivity contribution in [2.45, 2.75) is 25.7 Å². The van der Waals surface area contributed by atoms with Gasteiger partial charge >= 0.3 is 0 Å². The summed E-state index contributed by atoms with van der Waals surface area (Å²) in [5, 5.41) is 3.67. The molecular formula is C19H19N3O3. The lowest BCUT2D eigenvalue weighted by molar-refractivity contribution is -0.142. The molecule has 1 aromatic carbocycles. The van der Waals surface area contributed by atoms with Crippen LogP contribution in [0.3, 0.4) is 0 Å². The minimum Gasteiger partial charge on any atom is -0.309 e. The molecule has 2 heterocycles. The van der Waals surface area contributed by atoms with E-state index in [1.165, 1.54) is 0 Å². The highest BCUT2D eigenvalue weighted by Crippen LogP contribution is 2.37. The van der Waals surface area contributed by atoms with E-state index in [0.717, 1.165) is 41.5 Å². The number of rotatable bonds is 3. The first-order valence-corrected chi connectivity index (χ1v) is 8.64. The zero-order chi connectivity index (χ0) is 17.4. The summed E-state index contributed by atoms with van der Waals surface area (Å²) in [5.41, 5.74) is 0.777. The molecule has 1 saturated heterocycles. The van der Waals surface area contributed by atoms with Crippen LogP contribution < -0.4 is 5.32 Å². The second-order valence-electron chi connectivity index (χ2n) is 6.70. The maximum Gasteiger partial charge on any atom is 0.245 e. The largest absolute Gasteiger partial charge is 0.309 e. The van der Waals surface area contributed by atoms with Crippen molar-refractivity contribution >= 4 is 34.4 Å². The molecule has 6 nitrogen and oxygen atoms in total. The Balaban J connectivity index is 1.46. The topological polar surface area (TPSA) is 79.4 Å². The molecule has 128 valence electrons. The van der Waals surface area contributed by atoms with Crippen molar-refractivity contribution in [1.82, 2.24) is 9.88 Å². The molecule has 0 radical (unpaired) electrons. The number of nitrogens with zero attached hydrogens (tertiary/aromatic N) is 2. The van der Waals surface area contributed by atoms with E-state index in [1.54, 1.807) is 6.07 Å². The lowest BCUT2D eigenvalue weighted by atomic mass is 9.81. The molecule has 3 amide bonds. The molecule has 0 spiro atoms. The highest BCUT2D eigenvalue weighted by molar-refractivity contribution is 6.08. The summed E-state index contributed by atoms with van der Waals surface area (Å²) in [4.78, 5) is 42.7. The highest BCUT2D eigenvalue weighted by Gasteiger charge is 2.48.